The van der Waals surface area contributed by atoms with Gasteiger partial charge in [0.15, 0.2) is 0 Å². The second-order valence-electron chi connectivity index (χ2n) is 7.56. The molecule has 2 heterocycles. The summed E-state index contributed by atoms with van der Waals surface area (Å²) in [5.41, 5.74) is 8.62. The van der Waals surface area contributed by atoms with E-state index in [4.69, 9.17) is 17.3 Å². The first-order chi connectivity index (χ1) is 13.5. The van der Waals surface area contributed by atoms with Gasteiger partial charge < -0.3 is 15.5 Å². The molecule has 1 atom stereocenters. The van der Waals surface area contributed by atoms with Gasteiger partial charge in [-0.25, -0.2) is 0 Å². The molecule has 2 aromatic carbocycles. The van der Waals surface area contributed by atoms with Crippen LogP contribution in [0.3, 0.4) is 0 Å². The summed E-state index contributed by atoms with van der Waals surface area (Å²) in [4.78, 5) is 30.2. The lowest BCUT2D eigenvalue weighted by atomic mass is 9.92. The van der Waals surface area contributed by atoms with E-state index < -0.39 is 6.04 Å². The Labute approximate surface area is 170 Å². The first-order valence-electron chi connectivity index (χ1n) is 9.71. The number of nitrogens with two attached hydrogens (primary N) is 1. The second kappa shape index (κ2) is 7.94. The summed E-state index contributed by atoms with van der Waals surface area (Å²) in [7, 11) is 0. The van der Waals surface area contributed by atoms with E-state index in [0.717, 1.165) is 24.0 Å². The normalized spacial score (nSPS) is 20.0. The van der Waals surface area contributed by atoms with Crippen LogP contribution in [-0.4, -0.2) is 46.8 Å². The van der Waals surface area contributed by atoms with Crippen LogP contribution >= 0.6 is 11.6 Å². The van der Waals surface area contributed by atoms with Gasteiger partial charge in [-0.1, -0.05) is 48.0 Å². The van der Waals surface area contributed by atoms with E-state index in [2.05, 4.69) is 0 Å². The average molecular weight is 398 g/mol. The highest BCUT2D eigenvalue weighted by Crippen LogP contribution is 2.28. The van der Waals surface area contributed by atoms with Crippen molar-refractivity contribution in [1.82, 2.24) is 9.80 Å². The highest BCUT2D eigenvalue weighted by atomic mass is 35.5. The zero-order chi connectivity index (χ0) is 19.7. The number of carbonyl (C=O) groups is 2. The van der Waals surface area contributed by atoms with E-state index >= 15 is 0 Å². The van der Waals surface area contributed by atoms with Crippen molar-refractivity contribution in [3.05, 3.63) is 70.2 Å². The van der Waals surface area contributed by atoms with Crippen molar-refractivity contribution in [2.75, 3.05) is 13.1 Å². The second-order valence-corrected chi connectivity index (χ2v) is 7.97. The molecule has 5 nitrogen and oxygen atoms in total. The van der Waals surface area contributed by atoms with Crippen LogP contribution in [-0.2, 0) is 17.8 Å². The molecule has 1 fully saturated rings. The Morgan fingerprint density at radius 3 is 2.32 bits per heavy atom. The van der Waals surface area contributed by atoms with Crippen molar-refractivity contribution in [1.29, 1.82) is 0 Å². The lowest BCUT2D eigenvalue weighted by Crippen LogP contribution is -2.55. The number of benzene rings is 2. The molecule has 1 saturated heterocycles. The Morgan fingerprint density at radius 1 is 0.964 bits per heavy atom. The largest absolute Gasteiger partial charge is 0.341 e. The van der Waals surface area contributed by atoms with Crippen molar-refractivity contribution in [2.45, 2.75) is 37.9 Å². The minimum Gasteiger partial charge on any atom is -0.341 e. The minimum absolute atomic E-state index is 0.00167. The Balaban J connectivity index is 1.66. The Kier molecular flexibility index (Phi) is 5.38. The monoisotopic (exact) mass is 397 g/mol. The van der Waals surface area contributed by atoms with Crippen molar-refractivity contribution in [2.24, 2.45) is 5.73 Å². The molecule has 0 radical (unpaired) electrons. The van der Waals surface area contributed by atoms with Crippen LogP contribution in [0.15, 0.2) is 48.5 Å². The summed E-state index contributed by atoms with van der Waals surface area (Å²) in [6, 6.07) is 14.6. The molecule has 2 aromatic rings. The first-order valence-corrected chi connectivity index (χ1v) is 10.1. The van der Waals surface area contributed by atoms with E-state index in [-0.39, 0.29) is 17.9 Å². The fourth-order valence-corrected chi connectivity index (χ4v) is 4.29. The number of nitrogens with zero attached hydrogens (tertiary/aromatic N) is 2. The standard InChI is InChI=1S/C22H24ClN3O2/c23-19-8-4-3-7-18(19)21(27)26-14-16-6-2-1-5-15(16)13-20(26)22(28)25-11-9-17(24)10-12-25/h1-8,17,20H,9-14,24H2. The highest BCUT2D eigenvalue weighted by Gasteiger charge is 2.38. The van der Waals surface area contributed by atoms with Crippen LogP contribution in [0.2, 0.25) is 5.02 Å². The van der Waals surface area contributed by atoms with E-state index in [1.165, 1.54) is 0 Å². The molecule has 0 bridgehead atoms. The van der Waals surface area contributed by atoms with Gasteiger partial charge in [0.05, 0.1) is 10.6 Å². The molecule has 2 N–H and O–H groups in total. The van der Waals surface area contributed by atoms with Crippen LogP contribution in [0.25, 0.3) is 0 Å². The first kappa shape index (κ1) is 19.0. The third-order valence-corrected chi connectivity index (χ3v) is 6.08. The van der Waals surface area contributed by atoms with Crippen LogP contribution in [0.1, 0.15) is 34.3 Å². The van der Waals surface area contributed by atoms with Crippen molar-refractivity contribution < 1.29 is 9.59 Å². The highest BCUT2D eigenvalue weighted by molar-refractivity contribution is 6.33. The number of halogens is 1. The SMILES string of the molecule is NC1CCN(C(=O)C2Cc3ccccc3CN2C(=O)c2ccccc2Cl)CC1. The lowest BCUT2D eigenvalue weighted by molar-refractivity contribution is -0.137. The Hall–Kier alpha value is -2.37. The topological polar surface area (TPSA) is 66.6 Å². The molecular weight excluding hydrogens is 374 g/mol. The lowest BCUT2D eigenvalue weighted by Gasteiger charge is -2.40. The zero-order valence-electron chi connectivity index (χ0n) is 15.7. The maximum Gasteiger partial charge on any atom is 0.256 e. The fraction of sp³-hybridized carbons (Fsp3) is 0.364. The number of piperidine rings is 1. The molecule has 146 valence electrons. The molecule has 2 aliphatic rings. The van der Waals surface area contributed by atoms with Gasteiger partial charge in [-0.2, -0.15) is 0 Å². The summed E-state index contributed by atoms with van der Waals surface area (Å²) in [6.45, 7) is 1.70. The third-order valence-electron chi connectivity index (χ3n) is 5.75. The predicted molar refractivity (Wildman–Crippen MR) is 109 cm³/mol. The van der Waals surface area contributed by atoms with Gasteiger partial charge in [-0.3, -0.25) is 9.59 Å². The van der Waals surface area contributed by atoms with Gasteiger partial charge >= 0.3 is 0 Å². The molecule has 0 spiro atoms. The van der Waals surface area contributed by atoms with Crippen molar-refractivity contribution >= 4 is 23.4 Å². The minimum atomic E-state index is -0.520. The van der Waals surface area contributed by atoms with E-state index in [1.807, 2.05) is 29.2 Å². The summed E-state index contributed by atoms with van der Waals surface area (Å²) < 4.78 is 0. The number of hydrogen-bond acceptors (Lipinski definition) is 3. The van der Waals surface area contributed by atoms with Crippen molar-refractivity contribution in [3.8, 4) is 0 Å². The molecule has 2 amide bonds. The van der Waals surface area contributed by atoms with Gasteiger partial charge in [0.1, 0.15) is 6.04 Å². The average Bonchev–Trinajstić information content (AvgIpc) is 2.72. The smallest absolute Gasteiger partial charge is 0.256 e. The Morgan fingerprint density at radius 2 is 1.61 bits per heavy atom. The van der Waals surface area contributed by atoms with Gasteiger partial charge in [0, 0.05) is 32.1 Å². The summed E-state index contributed by atoms with van der Waals surface area (Å²) in [6.07, 6.45) is 2.12. The fourth-order valence-electron chi connectivity index (χ4n) is 4.08. The molecule has 1 unspecified atom stereocenters. The van der Waals surface area contributed by atoms with Crippen molar-refractivity contribution in [3.63, 3.8) is 0 Å². The van der Waals surface area contributed by atoms with E-state index in [1.54, 1.807) is 29.2 Å². The van der Waals surface area contributed by atoms with E-state index in [0.29, 0.717) is 36.6 Å². The van der Waals surface area contributed by atoms with Gasteiger partial charge in [-0.15, -0.1) is 0 Å². The van der Waals surface area contributed by atoms with Gasteiger partial charge in [0.25, 0.3) is 5.91 Å². The molecule has 0 saturated carbocycles. The zero-order valence-corrected chi connectivity index (χ0v) is 16.4. The quantitative estimate of drug-likeness (QED) is 0.847. The Bertz CT molecular complexity index is 893. The molecule has 6 heteroatoms. The maximum absolute atomic E-state index is 13.4. The number of hydrogen-bond donors (Lipinski definition) is 1. The molecule has 28 heavy (non-hydrogen) atoms. The molecule has 0 aliphatic carbocycles. The summed E-state index contributed by atoms with van der Waals surface area (Å²) in [5.74, 6) is -0.200. The number of carbonyl (C=O) groups excluding carboxylic acids is 2. The molecular formula is C22H24ClN3O2. The summed E-state index contributed by atoms with van der Waals surface area (Å²) in [5, 5.41) is 0.404. The summed E-state index contributed by atoms with van der Waals surface area (Å²) >= 11 is 6.27. The van der Waals surface area contributed by atoms with Gasteiger partial charge in [0.2, 0.25) is 5.91 Å². The van der Waals surface area contributed by atoms with Crippen LogP contribution < -0.4 is 5.73 Å². The van der Waals surface area contributed by atoms with Crippen LogP contribution in [0, 0.1) is 0 Å². The number of rotatable bonds is 2. The molecule has 2 aliphatic heterocycles. The third kappa shape index (κ3) is 3.64. The van der Waals surface area contributed by atoms with Gasteiger partial charge in [-0.05, 0) is 36.1 Å². The number of amides is 2. The number of likely N-dealkylation sites (tertiary alicyclic amines) is 1. The maximum atomic E-state index is 13.4. The van der Waals surface area contributed by atoms with E-state index in [9.17, 15) is 9.59 Å². The predicted octanol–water partition coefficient (Wildman–Crippen LogP) is 2.86. The number of fused-ring (bicyclic) bond motifs is 1. The van der Waals surface area contributed by atoms with Crippen LogP contribution in [0.4, 0.5) is 0 Å². The van der Waals surface area contributed by atoms with Crippen LogP contribution in [0.5, 0.6) is 0 Å². The molecule has 0 aromatic heterocycles. The molecule has 4 rings (SSSR count).